The predicted molar refractivity (Wildman–Crippen MR) is 107 cm³/mol. The van der Waals surface area contributed by atoms with E-state index >= 15 is 0 Å². The van der Waals surface area contributed by atoms with Gasteiger partial charge in [-0.2, -0.15) is 5.10 Å². The number of aromatic amines is 1. The van der Waals surface area contributed by atoms with Crippen LogP contribution in [0.2, 0.25) is 0 Å². The average molecular weight is 394 g/mol. The topological polar surface area (TPSA) is 53.6 Å². The molecule has 3 heterocycles. The third-order valence-electron chi connectivity index (χ3n) is 5.55. The first-order valence-electron chi connectivity index (χ1n) is 9.86. The standard InChI is InChI=1S/C22H23FN4O2/c23-19-4-2-17(3-5-19)22-18(12-24-25-22)14-27-9-7-26(8-10-27)13-16-1-6-20-21(11-16)29-15-28-20/h1-6,11-12H,7-10,13-15H2,(H,24,25). The minimum Gasteiger partial charge on any atom is -0.454 e. The highest BCUT2D eigenvalue weighted by Gasteiger charge is 2.20. The highest BCUT2D eigenvalue weighted by molar-refractivity contribution is 5.62. The molecule has 2 aromatic carbocycles. The normalized spacial score (nSPS) is 17.0. The number of benzene rings is 2. The fraction of sp³-hybridized carbons (Fsp3) is 0.318. The molecule has 0 spiro atoms. The van der Waals surface area contributed by atoms with Crippen LogP contribution in [0.25, 0.3) is 11.3 Å². The van der Waals surface area contributed by atoms with E-state index in [1.165, 1.54) is 17.7 Å². The van der Waals surface area contributed by atoms with E-state index in [4.69, 9.17) is 9.47 Å². The Morgan fingerprint density at radius 2 is 1.62 bits per heavy atom. The van der Waals surface area contributed by atoms with Crippen LogP contribution in [0.3, 0.4) is 0 Å². The van der Waals surface area contributed by atoms with E-state index in [0.717, 1.165) is 67.6 Å². The summed E-state index contributed by atoms with van der Waals surface area (Å²) < 4.78 is 24.1. The zero-order valence-corrected chi connectivity index (χ0v) is 16.1. The largest absolute Gasteiger partial charge is 0.454 e. The van der Waals surface area contributed by atoms with Crippen molar-refractivity contribution >= 4 is 0 Å². The van der Waals surface area contributed by atoms with Crippen LogP contribution < -0.4 is 9.47 Å². The molecule has 2 aliphatic heterocycles. The lowest BCUT2D eigenvalue weighted by Gasteiger charge is -2.34. The summed E-state index contributed by atoms with van der Waals surface area (Å²) in [6.45, 7) is 6.08. The number of H-pyrrole nitrogens is 1. The van der Waals surface area contributed by atoms with Crippen LogP contribution in [-0.4, -0.2) is 53.0 Å². The van der Waals surface area contributed by atoms with E-state index in [-0.39, 0.29) is 5.82 Å². The number of aromatic nitrogens is 2. The maximum Gasteiger partial charge on any atom is 0.231 e. The molecular weight excluding hydrogens is 371 g/mol. The van der Waals surface area contributed by atoms with Crippen molar-refractivity contribution in [2.75, 3.05) is 33.0 Å². The summed E-state index contributed by atoms with van der Waals surface area (Å²) in [7, 11) is 0. The summed E-state index contributed by atoms with van der Waals surface area (Å²) in [4.78, 5) is 4.90. The van der Waals surface area contributed by atoms with E-state index in [2.05, 4.69) is 32.1 Å². The number of piperazine rings is 1. The molecule has 1 fully saturated rings. The summed E-state index contributed by atoms with van der Waals surface area (Å²) >= 11 is 0. The second-order valence-corrected chi connectivity index (χ2v) is 7.52. The van der Waals surface area contributed by atoms with Gasteiger partial charge in [-0.05, 0) is 42.0 Å². The molecule has 0 amide bonds. The summed E-state index contributed by atoms with van der Waals surface area (Å²) in [6.07, 6.45) is 1.87. The summed E-state index contributed by atoms with van der Waals surface area (Å²) in [5.41, 5.74) is 4.31. The number of nitrogens with one attached hydrogen (secondary N) is 1. The Morgan fingerprint density at radius 1 is 0.897 bits per heavy atom. The van der Waals surface area contributed by atoms with Gasteiger partial charge in [-0.15, -0.1) is 0 Å². The maximum atomic E-state index is 13.2. The van der Waals surface area contributed by atoms with Crippen LogP contribution in [-0.2, 0) is 13.1 Å². The van der Waals surface area contributed by atoms with Crippen molar-refractivity contribution in [1.29, 1.82) is 0 Å². The number of rotatable bonds is 5. The Morgan fingerprint density at radius 3 is 2.41 bits per heavy atom. The van der Waals surface area contributed by atoms with Crippen LogP contribution in [0.5, 0.6) is 11.5 Å². The van der Waals surface area contributed by atoms with Crippen LogP contribution in [0, 0.1) is 5.82 Å². The zero-order chi connectivity index (χ0) is 19.6. The molecule has 0 radical (unpaired) electrons. The molecule has 1 N–H and O–H groups in total. The van der Waals surface area contributed by atoms with Gasteiger partial charge in [0.15, 0.2) is 11.5 Å². The van der Waals surface area contributed by atoms with Gasteiger partial charge < -0.3 is 9.47 Å². The second kappa shape index (κ2) is 7.85. The van der Waals surface area contributed by atoms with E-state index in [1.807, 2.05) is 12.3 Å². The van der Waals surface area contributed by atoms with Gasteiger partial charge in [0.05, 0.1) is 11.9 Å². The quantitative estimate of drug-likeness (QED) is 0.720. The maximum absolute atomic E-state index is 13.2. The molecule has 29 heavy (non-hydrogen) atoms. The lowest BCUT2D eigenvalue weighted by Crippen LogP contribution is -2.45. The van der Waals surface area contributed by atoms with Gasteiger partial charge in [0.1, 0.15) is 5.82 Å². The van der Waals surface area contributed by atoms with Crippen LogP contribution in [0.4, 0.5) is 4.39 Å². The molecule has 0 atom stereocenters. The second-order valence-electron chi connectivity index (χ2n) is 7.52. The first-order valence-corrected chi connectivity index (χ1v) is 9.86. The third kappa shape index (κ3) is 3.97. The van der Waals surface area contributed by atoms with Crippen molar-refractivity contribution in [2.24, 2.45) is 0 Å². The minimum absolute atomic E-state index is 0.228. The first-order chi connectivity index (χ1) is 14.2. The molecular formula is C22H23FN4O2. The van der Waals surface area contributed by atoms with Crippen LogP contribution >= 0.6 is 0 Å². The van der Waals surface area contributed by atoms with Gasteiger partial charge >= 0.3 is 0 Å². The Kier molecular flexibility index (Phi) is 4.91. The van der Waals surface area contributed by atoms with Gasteiger partial charge in [0.25, 0.3) is 0 Å². The number of fused-ring (bicyclic) bond motifs is 1. The molecule has 7 heteroatoms. The smallest absolute Gasteiger partial charge is 0.231 e. The first kappa shape index (κ1) is 18.1. The van der Waals surface area contributed by atoms with Crippen LogP contribution in [0.15, 0.2) is 48.7 Å². The SMILES string of the molecule is Fc1ccc(-c2[nH]ncc2CN2CCN(Cc3ccc4c(c3)OCO4)CC2)cc1. The number of hydrogen-bond donors (Lipinski definition) is 1. The number of nitrogens with zero attached hydrogens (tertiary/aromatic N) is 3. The van der Waals surface area contributed by atoms with E-state index in [9.17, 15) is 4.39 Å². The predicted octanol–water partition coefficient (Wildman–Crippen LogP) is 3.26. The average Bonchev–Trinajstić information content (AvgIpc) is 3.39. The number of halogens is 1. The zero-order valence-electron chi connectivity index (χ0n) is 16.1. The molecule has 6 nitrogen and oxygen atoms in total. The Bertz CT molecular complexity index is 981. The van der Waals surface area contributed by atoms with Crippen molar-refractivity contribution < 1.29 is 13.9 Å². The summed E-state index contributed by atoms with van der Waals surface area (Å²) in [5, 5.41) is 7.27. The van der Waals surface area contributed by atoms with Gasteiger partial charge in [0, 0.05) is 50.4 Å². The van der Waals surface area contributed by atoms with Gasteiger partial charge in [-0.1, -0.05) is 6.07 Å². The molecule has 0 saturated carbocycles. The third-order valence-corrected chi connectivity index (χ3v) is 5.55. The minimum atomic E-state index is -0.228. The Balaban J connectivity index is 1.18. The van der Waals surface area contributed by atoms with Crippen molar-refractivity contribution in [3.8, 4) is 22.8 Å². The van der Waals surface area contributed by atoms with Crippen molar-refractivity contribution in [3.63, 3.8) is 0 Å². The highest BCUT2D eigenvalue weighted by atomic mass is 19.1. The molecule has 0 unspecified atom stereocenters. The van der Waals surface area contributed by atoms with E-state index < -0.39 is 0 Å². The summed E-state index contributed by atoms with van der Waals surface area (Å²) in [6, 6.07) is 12.7. The molecule has 2 aliphatic rings. The molecule has 3 aromatic rings. The Hall–Kier alpha value is -2.90. The lowest BCUT2D eigenvalue weighted by atomic mass is 10.1. The van der Waals surface area contributed by atoms with Gasteiger partial charge in [-0.3, -0.25) is 14.9 Å². The molecule has 150 valence electrons. The summed E-state index contributed by atoms with van der Waals surface area (Å²) in [5.74, 6) is 1.44. The monoisotopic (exact) mass is 394 g/mol. The van der Waals surface area contributed by atoms with Crippen molar-refractivity contribution in [1.82, 2.24) is 20.0 Å². The van der Waals surface area contributed by atoms with Crippen molar-refractivity contribution in [3.05, 3.63) is 65.6 Å². The van der Waals surface area contributed by atoms with Crippen LogP contribution in [0.1, 0.15) is 11.1 Å². The molecule has 1 saturated heterocycles. The molecule has 5 rings (SSSR count). The lowest BCUT2D eigenvalue weighted by molar-refractivity contribution is 0.122. The molecule has 1 aromatic heterocycles. The Labute approximate surface area is 168 Å². The fourth-order valence-corrected chi connectivity index (χ4v) is 3.94. The van der Waals surface area contributed by atoms with Gasteiger partial charge in [0.2, 0.25) is 6.79 Å². The molecule has 0 bridgehead atoms. The highest BCUT2D eigenvalue weighted by Crippen LogP contribution is 2.33. The fourth-order valence-electron chi connectivity index (χ4n) is 3.94. The van der Waals surface area contributed by atoms with Gasteiger partial charge in [-0.25, -0.2) is 4.39 Å². The van der Waals surface area contributed by atoms with E-state index in [0.29, 0.717) is 6.79 Å². The van der Waals surface area contributed by atoms with Crippen molar-refractivity contribution in [2.45, 2.75) is 13.1 Å². The molecule has 0 aliphatic carbocycles. The number of hydrogen-bond acceptors (Lipinski definition) is 5. The van der Waals surface area contributed by atoms with E-state index in [1.54, 1.807) is 12.1 Å². The number of ether oxygens (including phenoxy) is 2.